The minimum atomic E-state index is -0.747. The highest BCUT2D eigenvalue weighted by molar-refractivity contribution is 5.74. The fourth-order valence-electron chi connectivity index (χ4n) is 4.00. The molecule has 1 atom stereocenters. The average molecular weight is 336 g/mol. The molecule has 3 rings (SSSR count). The number of rotatable bonds is 5. The maximum atomic E-state index is 11.7. The van der Waals surface area contributed by atoms with Crippen LogP contribution in [0.3, 0.4) is 0 Å². The second-order valence-electron chi connectivity index (χ2n) is 6.96. The molecule has 1 aromatic rings. The van der Waals surface area contributed by atoms with E-state index >= 15 is 0 Å². The van der Waals surface area contributed by atoms with E-state index in [2.05, 4.69) is 20.4 Å². The Morgan fingerprint density at radius 3 is 2.62 bits per heavy atom. The highest BCUT2D eigenvalue weighted by atomic mass is 16.4. The third kappa shape index (κ3) is 3.55. The summed E-state index contributed by atoms with van der Waals surface area (Å²) in [5.74, 6) is -0.640. The fourth-order valence-corrected chi connectivity index (χ4v) is 4.00. The molecule has 1 unspecified atom stereocenters. The monoisotopic (exact) mass is 336 g/mol. The van der Waals surface area contributed by atoms with Gasteiger partial charge in [-0.2, -0.15) is 0 Å². The van der Waals surface area contributed by atoms with Crippen LogP contribution in [0.15, 0.2) is 6.33 Å². The number of aryl methyl sites for hydroxylation is 1. The SMILES string of the molecule is CC(=O)N1CCC2(CC1)CC(C(=O)O)N(CCCn1cnnn1)C2. The van der Waals surface area contributed by atoms with Crippen molar-refractivity contribution in [1.82, 2.24) is 30.0 Å². The Hall–Kier alpha value is -2.03. The molecule has 3 heterocycles. The molecule has 2 fully saturated rings. The van der Waals surface area contributed by atoms with Crippen LogP contribution in [-0.2, 0) is 16.1 Å². The van der Waals surface area contributed by atoms with Crippen molar-refractivity contribution in [1.29, 1.82) is 0 Å². The van der Waals surface area contributed by atoms with Crippen LogP contribution in [0.2, 0.25) is 0 Å². The first-order valence-electron chi connectivity index (χ1n) is 8.42. The number of carbonyl (C=O) groups excluding carboxylic acids is 1. The Labute approximate surface area is 140 Å². The van der Waals surface area contributed by atoms with Crippen molar-refractivity contribution >= 4 is 11.9 Å². The van der Waals surface area contributed by atoms with Crippen molar-refractivity contribution in [2.45, 2.75) is 45.2 Å². The normalized spacial score (nSPS) is 23.7. The lowest BCUT2D eigenvalue weighted by atomic mass is 9.76. The number of tetrazole rings is 1. The van der Waals surface area contributed by atoms with Crippen LogP contribution in [0.1, 0.15) is 32.6 Å². The maximum Gasteiger partial charge on any atom is 0.320 e. The van der Waals surface area contributed by atoms with Crippen LogP contribution in [-0.4, -0.2) is 79.2 Å². The molecule has 0 bridgehead atoms. The quantitative estimate of drug-likeness (QED) is 0.797. The standard InChI is InChI=1S/C15H24N6O3/c1-12(22)19-7-3-15(4-8-19)9-13(14(23)24)20(10-15)5-2-6-21-11-16-17-18-21/h11,13H,2-10H2,1H3,(H,23,24). The van der Waals surface area contributed by atoms with Gasteiger partial charge in [-0.3, -0.25) is 14.5 Å². The van der Waals surface area contributed by atoms with E-state index in [0.29, 0.717) is 13.0 Å². The van der Waals surface area contributed by atoms with E-state index in [1.54, 1.807) is 17.9 Å². The number of hydrogen-bond acceptors (Lipinski definition) is 6. The highest BCUT2D eigenvalue weighted by Crippen LogP contribution is 2.43. The molecular formula is C15H24N6O3. The lowest BCUT2D eigenvalue weighted by Gasteiger charge is -2.39. The number of carboxylic acids is 1. The van der Waals surface area contributed by atoms with Crippen LogP contribution >= 0.6 is 0 Å². The van der Waals surface area contributed by atoms with E-state index in [0.717, 1.165) is 45.4 Å². The lowest BCUT2D eigenvalue weighted by molar-refractivity contribution is -0.142. The predicted molar refractivity (Wildman–Crippen MR) is 84.0 cm³/mol. The first-order valence-corrected chi connectivity index (χ1v) is 8.42. The van der Waals surface area contributed by atoms with E-state index < -0.39 is 12.0 Å². The summed E-state index contributed by atoms with van der Waals surface area (Å²) in [6.45, 7) is 5.26. The van der Waals surface area contributed by atoms with Crippen LogP contribution in [0.25, 0.3) is 0 Å². The summed E-state index contributed by atoms with van der Waals surface area (Å²) in [4.78, 5) is 27.1. The van der Waals surface area contributed by atoms with Gasteiger partial charge in [-0.25, -0.2) is 4.68 Å². The Morgan fingerprint density at radius 1 is 1.29 bits per heavy atom. The Kier molecular flexibility index (Phi) is 4.79. The molecule has 9 nitrogen and oxygen atoms in total. The summed E-state index contributed by atoms with van der Waals surface area (Å²) in [7, 11) is 0. The molecule has 1 N–H and O–H groups in total. The van der Waals surface area contributed by atoms with Gasteiger partial charge in [-0.15, -0.1) is 5.10 Å². The van der Waals surface area contributed by atoms with Crippen LogP contribution in [0, 0.1) is 5.41 Å². The Bertz CT molecular complexity index is 582. The molecule has 24 heavy (non-hydrogen) atoms. The molecule has 1 aromatic heterocycles. The van der Waals surface area contributed by atoms with Crippen molar-refractivity contribution in [3.8, 4) is 0 Å². The summed E-state index contributed by atoms with van der Waals surface area (Å²) in [6, 6.07) is -0.428. The van der Waals surface area contributed by atoms with Crippen LogP contribution < -0.4 is 0 Å². The van der Waals surface area contributed by atoms with Crippen molar-refractivity contribution in [2.75, 3.05) is 26.2 Å². The molecule has 2 aliphatic heterocycles. The lowest BCUT2D eigenvalue weighted by Crippen LogP contribution is -2.43. The summed E-state index contributed by atoms with van der Waals surface area (Å²) in [5, 5.41) is 20.6. The summed E-state index contributed by atoms with van der Waals surface area (Å²) in [6.07, 6.45) is 4.83. The second kappa shape index (κ2) is 6.84. The molecular weight excluding hydrogens is 312 g/mol. The molecule has 132 valence electrons. The number of carboxylic acid groups (broad SMARTS) is 1. The number of likely N-dealkylation sites (tertiary alicyclic amines) is 2. The van der Waals surface area contributed by atoms with Crippen molar-refractivity contribution in [3.63, 3.8) is 0 Å². The molecule has 0 radical (unpaired) electrons. The molecule has 2 aliphatic rings. The Morgan fingerprint density at radius 2 is 2.04 bits per heavy atom. The van der Waals surface area contributed by atoms with E-state index in [1.165, 1.54) is 0 Å². The molecule has 9 heteroatoms. The predicted octanol–water partition coefficient (Wildman–Crippen LogP) is -0.149. The first-order chi connectivity index (χ1) is 11.5. The molecule has 0 saturated carbocycles. The molecule has 0 aliphatic carbocycles. The third-order valence-corrected chi connectivity index (χ3v) is 5.38. The minimum Gasteiger partial charge on any atom is -0.480 e. The fraction of sp³-hybridized carbons (Fsp3) is 0.800. The summed E-state index contributed by atoms with van der Waals surface area (Å²) < 4.78 is 1.66. The molecule has 2 saturated heterocycles. The number of piperidine rings is 1. The summed E-state index contributed by atoms with van der Waals surface area (Å²) in [5.41, 5.74) is 0.0316. The topological polar surface area (TPSA) is 104 Å². The van der Waals surface area contributed by atoms with Crippen molar-refractivity contribution in [3.05, 3.63) is 6.33 Å². The van der Waals surface area contributed by atoms with Crippen LogP contribution in [0.4, 0.5) is 0 Å². The van der Waals surface area contributed by atoms with Gasteiger partial charge in [0.25, 0.3) is 0 Å². The third-order valence-electron chi connectivity index (χ3n) is 5.38. The smallest absolute Gasteiger partial charge is 0.320 e. The van der Waals surface area contributed by atoms with E-state index in [-0.39, 0.29) is 11.3 Å². The van der Waals surface area contributed by atoms with Gasteiger partial charge in [0.15, 0.2) is 0 Å². The molecule has 0 aromatic carbocycles. The van der Waals surface area contributed by atoms with Gasteiger partial charge < -0.3 is 10.0 Å². The Balaban J connectivity index is 1.57. The van der Waals surface area contributed by atoms with Crippen molar-refractivity contribution < 1.29 is 14.7 Å². The first kappa shape index (κ1) is 16.8. The zero-order valence-corrected chi connectivity index (χ0v) is 14.0. The number of aromatic nitrogens is 4. The van der Waals surface area contributed by atoms with Gasteiger partial charge in [0.1, 0.15) is 12.4 Å². The van der Waals surface area contributed by atoms with Gasteiger partial charge >= 0.3 is 5.97 Å². The van der Waals surface area contributed by atoms with E-state index in [9.17, 15) is 14.7 Å². The largest absolute Gasteiger partial charge is 0.480 e. The average Bonchev–Trinajstić information content (AvgIpc) is 3.17. The van der Waals surface area contributed by atoms with Gasteiger partial charge in [0.2, 0.25) is 5.91 Å². The highest BCUT2D eigenvalue weighted by Gasteiger charge is 2.47. The number of carbonyl (C=O) groups is 2. The molecule has 1 spiro atoms. The number of aliphatic carboxylic acids is 1. The summed E-state index contributed by atoms with van der Waals surface area (Å²) >= 11 is 0. The number of nitrogens with zero attached hydrogens (tertiary/aromatic N) is 6. The minimum absolute atomic E-state index is 0.0316. The number of hydrogen-bond donors (Lipinski definition) is 1. The second-order valence-corrected chi connectivity index (χ2v) is 6.96. The van der Waals surface area contributed by atoms with Gasteiger partial charge in [-0.05, 0) is 41.5 Å². The maximum absolute atomic E-state index is 11.7. The van der Waals surface area contributed by atoms with Crippen LogP contribution in [0.5, 0.6) is 0 Å². The zero-order chi connectivity index (χ0) is 17.2. The van der Waals surface area contributed by atoms with Gasteiger partial charge in [0, 0.05) is 39.6 Å². The number of amides is 1. The molecule has 1 amide bonds. The zero-order valence-electron chi connectivity index (χ0n) is 14.0. The van der Waals surface area contributed by atoms with Gasteiger partial charge in [0.05, 0.1) is 0 Å². The van der Waals surface area contributed by atoms with E-state index in [1.807, 2.05) is 4.90 Å². The van der Waals surface area contributed by atoms with Crippen molar-refractivity contribution in [2.24, 2.45) is 5.41 Å². The van der Waals surface area contributed by atoms with Gasteiger partial charge in [-0.1, -0.05) is 0 Å². The van der Waals surface area contributed by atoms with E-state index in [4.69, 9.17) is 0 Å².